The zero-order valence-electron chi connectivity index (χ0n) is 15.7. The Labute approximate surface area is 167 Å². The predicted octanol–water partition coefficient (Wildman–Crippen LogP) is 4.51. The predicted molar refractivity (Wildman–Crippen MR) is 92.8 cm³/mol. The quantitative estimate of drug-likeness (QED) is 0.669. The molecule has 1 atom stereocenters. The summed E-state index contributed by atoms with van der Waals surface area (Å²) in [6.07, 6.45) is -8.01. The summed E-state index contributed by atoms with van der Waals surface area (Å²) in [5, 5.41) is 0. The van der Waals surface area contributed by atoms with Gasteiger partial charge < -0.3 is 9.64 Å². The second-order valence-corrected chi connectivity index (χ2v) is 6.87. The minimum atomic E-state index is -5.02. The molecule has 0 spiro atoms. The number of alkyl halides is 6. The van der Waals surface area contributed by atoms with E-state index in [9.17, 15) is 31.1 Å². The maximum atomic E-state index is 13.1. The van der Waals surface area contributed by atoms with E-state index in [0.717, 1.165) is 0 Å². The lowest BCUT2D eigenvalue weighted by Crippen LogP contribution is -2.44. The molecular formula is C19H17F6N3O2. The molecule has 2 heterocycles. The van der Waals surface area contributed by atoms with Crippen molar-refractivity contribution in [3.63, 3.8) is 0 Å². The summed E-state index contributed by atoms with van der Waals surface area (Å²) >= 11 is 0. The van der Waals surface area contributed by atoms with Crippen LogP contribution in [0.1, 0.15) is 40.2 Å². The fourth-order valence-corrected chi connectivity index (χ4v) is 3.15. The highest BCUT2D eigenvalue weighted by atomic mass is 19.4. The first-order chi connectivity index (χ1) is 13.9. The summed E-state index contributed by atoms with van der Waals surface area (Å²) < 4.78 is 84.0. The van der Waals surface area contributed by atoms with Crippen LogP contribution < -0.4 is 4.74 Å². The summed E-state index contributed by atoms with van der Waals surface area (Å²) in [5.74, 6) is -0.168. The van der Waals surface area contributed by atoms with Gasteiger partial charge in [0.1, 0.15) is 11.9 Å². The number of rotatable bonds is 3. The molecule has 11 heteroatoms. The molecule has 1 unspecified atom stereocenters. The number of piperidine rings is 1. The molecule has 1 aliphatic heterocycles. The van der Waals surface area contributed by atoms with Gasteiger partial charge in [0.05, 0.1) is 17.7 Å². The second-order valence-electron chi connectivity index (χ2n) is 6.87. The van der Waals surface area contributed by atoms with Crippen LogP contribution in [-0.4, -0.2) is 40.0 Å². The van der Waals surface area contributed by atoms with Gasteiger partial charge in [0.25, 0.3) is 5.91 Å². The molecule has 0 saturated carbocycles. The Morgan fingerprint density at radius 3 is 2.30 bits per heavy atom. The highest BCUT2D eigenvalue weighted by Crippen LogP contribution is 2.36. The third-order valence-electron chi connectivity index (χ3n) is 4.54. The Hall–Kier alpha value is -2.85. The molecule has 0 N–H and O–H groups in total. The Kier molecular flexibility index (Phi) is 5.91. The number of halogens is 6. The Bertz CT molecular complexity index is 897. The molecule has 1 aromatic carbocycles. The van der Waals surface area contributed by atoms with Gasteiger partial charge in [0.2, 0.25) is 5.88 Å². The summed E-state index contributed by atoms with van der Waals surface area (Å²) in [7, 11) is 0. The standard InChI is InChI=1S/C19H17F6N3O2/c1-11-26-5-4-16(27-11)30-15-3-2-6-28(10-15)17(29)12-7-13(18(20,21)22)9-14(8-12)19(23,24)25/h4-5,7-9,15H,2-3,6,10H2,1H3. The van der Waals surface area contributed by atoms with Crippen LogP contribution in [0.4, 0.5) is 26.3 Å². The smallest absolute Gasteiger partial charge is 0.416 e. The number of benzene rings is 1. The molecule has 1 aromatic heterocycles. The van der Waals surface area contributed by atoms with Crippen LogP contribution in [0.5, 0.6) is 5.88 Å². The number of carbonyl (C=O) groups is 1. The van der Waals surface area contributed by atoms with Crippen LogP contribution in [0.25, 0.3) is 0 Å². The number of nitrogens with zero attached hydrogens (tertiary/aromatic N) is 3. The minimum absolute atomic E-state index is 0.00363. The Balaban J connectivity index is 1.83. The van der Waals surface area contributed by atoms with E-state index in [1.165, 1.54) is 17.2 Å². The number of hydrogen-bond acceptors (Lipinski definition) is 4. The molecule has 0 aliphatic carbocycles. The van der Waals surface area contributed by atoms with E-state index >= 15 is 0 Å². The first kappa shape index (κ1) is 21.8. The highest BCUT2D eigenvalue weighted by molar-refractivity contribution is 5.94. The number of ether oxygens (including phenoxy) is 1. The maximum Gasteiger partial charge on any atom is 0.416 e. The number of amides is 1. The molecule has 1 saturated heterocycles. The van der Waals surface area contributed by atoms with Gasteiger partial charge in [-0.05, 0) is 38.0 Å². The lowest BCUT2D eigenvalue weighted by Gasteiger charge is -2.33. The van der Waals surface area contributed by atoms with Crippen LogP contribution in [0.3, 0.4) is 0 Å². The van der Waals surface area contributed by atoms with E-state index in [1.54, 1.807) is 6.92 Å². The van der Waals surface area contributed by atoms with Crippen molar-refractivity contribution >= 4 is 5.91 Å². The van der Waals surface area contributed by atoms with Crippen molar-refractivity contribution in [2.75, 3.05) is 13.1 Å². The monoisotopic (exact) mass is 433 g/mol. The van der Waals surface area contributed by atoms with Crippen molar-refractivity contribution in [3.05, 3.63) is 53.0 Å². The molecule has 1 fully saturated rings. The fraction of sp³-hybridized carbons (Fsp3) is 0.421. The summed E-state index contributed by atoms with van der Waals surface area (Å²) in [6, 6.07) is 2.40. The summed E-state index contributed by atoms with van der Waals surface area (Å²) in [4.78, 5) is 21.9. The summed E-state index contributed by atoms with van der Waals surface area (Å²) in [5.41, 5.74) is -3.72. The molecule has 30 heavy (non-hydrogen) atoms. The topological polar surface area (TPSA) is 55.3 Å². The lowest BCUT2D eigenvalue weighted by molar-refractivity contribution is -0.143. The van der Waals surface area contributed by atoms with Crippen molar-refractivity contribution in [2.45, 2.75) is 38.2 Å². The van der Waals surface area contributed by atoms with Crippen molar-refractivity contribution in [1.82, 2.24) is 14.9 Å². The number of hydrogen-bond donors (Lipinski definition) is 0. The van der Waals surface area contributed by atoms with Crippen LogP contribution >= 0.6 is 0 Å². The Morgan fingerprint density at radius 2 is 1.73 bits per heavy atom. The third-order valence-corrected chi connectivity index (χ3v) is 4.54. The van der Waals surface area contributed by atoms with Gasteiger partial charge in [-0.2, -0.15) is 31.3 Å². The minimum Gasteiger partial charge on any atom is -0.472 e. The number of aryl methyl sites for hydroxylation is 1. The van der Waals surface area contributed by atoms with E-state index in [4.69, 9.17) is 4.74 Å². The zero-order valence-corrected chi connectivity index (χ0v) is 15.7. The molecule has 162 valence electrons. The summed E-state index contributed by atoms with van der Waals surface area (Å²) in [6.45, 7) is 1.87. The van der Waals surface area contributed by atoms with Crippen LogP contribution in [0.2, 0.25) is 0 Å². The van der Waals surface area contributed by atoms with Crippen molar-refractivity contribution < 1.29 is 35.9 Å². The maximum absolute atomic E-state index is 13.1. The van der Waals surface area contributed by atoms with Gasteiger partial charge in [-0.3, -0.25) is 4.79 Å². The second kappa shape index (κ2) is 8.11. The molecule has 0 bridgehead atoms. The SMILES string of the molecule is Cc1nccc(OC2CCCN(C(=O)c3cc(C(F)(F)F)cc(C(F)(F)F)c3)C2)n1. The van der Waals surface area contributed by atoms with Gasteiger partial charge >= 0.3 is 12.4 Å². The first-order valence-corrected chi connectivity index (χ1v) is 8.98. The molecule has 0 radical (unpaired) electrons. The van der Waals surface area contributed by atoms with E-state index in [2.05, 4.69) is 9.97 Å². The fourth-order valence-electron chi connectivity index (χ4n) is 3.15. The molecule has 2 aromatic rings. The van der Waals surface area contributed by atoms with Gasteiger partial charge in [0, 0.05) is 24.4 Å². The molecule has 5 nitrogen and oxygen atoms in total. The molecule has 1 amide bonds. The highest BCUT2D eigenvalue weighted by Gasteiger charge is 2.38. The Morgan fingerprint density at radius 1 is 1.10 bits per heavy atom. The average molecular weight is 433 g/mol. The first-order valence-electron chi connectivity index (χ1n) is 8.98. The van der Waals surface area contributed by atoms with Crippen LogP contribution in [0.15, 0.2) is 30.5 Å². The number of aromatic nitrogens is 2. The van der Waals surface area contributed by atoms with Crippen molar-refractivity contribution in [1.29, 1.82) is 0 Å². The largest absolute Gasteiger partial charge is 0.472 e. The van der Waals surface area contributed by atoms with Gasteiger partial charge in [-0.15, -0.1) is 0 Å². The third kappa shape index (κ3) is 5.19. The zero-order chi connectivity index (χ0) is 22.1. The molecule has 1 aliphatic rings. The van der Waals surface area contributed by atoms with E-state index in [0.29, 0.717) is 30.8 Å². The normalized spacial score (nSPS) is 17.7. The average Bonchev–Trinajstić information content (AvgIpc) is 2.66. The lowest BCUT2D eigenvalue weighted by atomic mass is 10.0. The molecule has 3 rings (SSSR count). The van der Waals surface area contributed by atoms with E-state index in [-0.39, 0.29) is 25.0 Å². The van der Waals surface area contributed by atoms with Crippen molar-refractivity contribution in [2.24, 2.45) is 0 Å². The number of likely N-dealkylation sites (tertiary alicyclic amines) is 1. The van der Waals surface area contributed by atoms with Gasteiger partial charge in [0.15, 0.2) is 0 Å². The van der Waals surface area contributed by atoms with Crippen LogP contribution in [0, 0.1) is 6.92 Å². The van der Waals surface area contributed by atoms with Crippen molar-refractivity contribution in [3.8, 4) is 5.88 Å². The van der Waals surface area contributed by atoms with E-state index < -0.39 is 41.1 Å². The van der Waals surface area contributed by atoms with Crippen LogP contribution in [-0.2, 0) is 12.4 Å². The van der Waals surface area contributed by atoms with Gasteiger partial charge in [-0.1, -0.05) is 0 Å². The number of carbonyl (C=O) groups excluding carboxylic acids is 1. The molecular weight excluding hydrogens is 416 g/mol. The van der Waals surface area contributed by atoms with Gasteiger partial charge in [-0.25, -0.2) is 4.98 Å². The van der Waals surface area contributed by atoms with E-state index in [1.807, 2.05) is 0 Å².